The van der Waals surface area contributed by atoms with Crippen LogP contribution in [-0.4, -0.2) is 55.4 Å². The Kier molecular flexibility index (Phi) is 6.43. The van der Waals surface area contributed by atoms with Gasteiger partial charge in [0.2, 0.25) is 0 Å². The van der Waals surface area contributed by atoms with Gasteiger partial charge in [0.15, 0.2) is 0 Å². The van der Waals surface area contributed by atoms with Crippen molar-refractivity contribution in [1.82, 2.24) is 4.90 Å². The summed E-state index contributed by atoms with van der Waals surface area (Å²) in [6.07, 6.45) is 1.97. The minimum absolute atomic E-state index is 0.236. The molecule has 1 fully saturated rings. The van der Waals surface area contributed by atoms with Crippen LogP contribution in [0, 0.1) is 5.92 Å². The van der Waals surface area contributed by atoms with Gasteiger partial charge in [0.1, 0.15) is 5.54 Å². The van der Waals surface area contributed by atoms with Crippen LogP contribution in [-0.2, 0) is 14.3 Å². The lowest BCUT2D eigenvalue weighted by Gasteiger charge is -2.41. The normalized spacial score (nSPS) is 28.7. The first-order valence-corrected chi connectivity index (χ1v) is 7.54. The zero-order valence-corrected chi connectivity index (χ0v) is 13.5. The Hall–Kier alpha value is -0.650. The maximum Gasteiger partial charge on any atom is 0.325 e. The fourth-order valence-electron chi connectivity index (χ4n) is 2.89. The zero-order chi connectivity index (χ0) is 15.3. The van der Waals surface area contributed by atoms with Crippen LogP contribution in [0.25, 0.3) is 0 Å². The van der Waals surface area contributed by atoms with E-state index in [1.54, 1.807) is 21.0 Å². The summed E-state index contributed by atoms with van der Waals surface area (Å²) in [6.45, 7) is 10.2. The quantitative estimate of drug-likeness (QED) is 0.748. The van der Waals surface area contributed by atoms with E-state index in [0.717, 1.165) is 19.5 Å². The molecule has 0 aromatic heterocycles. The first-order chi connectivity index (χ1) is 9.31. The maximum absolute atomic E-state index is 11.9. The zero-order valence-electron chi connectivity index (χ0n) is 13.5. The van der Waals surface area contributed by atoms with Crippen molar-refractivity contribution in [3.05, 3.63) is 0 Å². The molecule has 0 aromatic carbocycles. The van der Waals surface area contributed by atoms with Crippen molar-refractivity contribution in [2.75, 3.05) is 26.8 Å². The summed E-state index contributed by atoms with van der Waals surface area (Å²) >= 11 is 0. The molecule has 4 unspecified atom stereocenters. The van der Waals surface area contributed by atoms with E-state index < -0.39 is 5.54 Å². The lowest BCUT2D eigenvalue weighted by molar-refractivity contribution is -0.150. The molecule has 0 radical (unpaired) electrons. The molecule has 5 nitrogen and oxygen atoms in total. The highest BCUT2D eigenvalue weighted by Crippen LogP contribution is 2.24. The molecule has 0 amide bonds. The van der Waals surface area contributed by atoms with Crippen LogP contribution < -0.4 is 5.73 Å². The molecule has 4 atom stereocenters. The van der Waals surface area contributed by atoms with E-state index in [2.05, 4.69) is 18.7 Å². The van der Waals surface area contributed by atoms with Crippen LogP contribution in [0.3, 0.4) is 0 Å². The number of nitrogens with zero attached hydrogens (tertiary/aromatic N) is 1. The molecule has 1 heterocycles. The van der Waals surface area contributed by atoms with Gasteiger partial charge < -0.3 is 15.2 Å². The van der Waals surface area contributed by atoms with Gasteiger partial charge in [-0.25, -0.2) is 0 Å². The van der Waals surface area contributed by atoms with Crippen molar-refractivity contribution >= 4 is 5.97 Å². The number of ether oxygens (including phenoxy) is 2. The second-order valence-electron chi connectivity index (χ2n) is 6.23. The number of carbonyl (C=O) groups is 1. The van der Waals surface area contributed by atoms with E-state index in [1.807, 2.05) is 0 Å². The SMILES string of the molecule is CCOC(=O)C(C)(N)CC(C)N1CCC(C)C(OC)C1. The maximum atomic E-state index is 11.9. The summed E-state index contributed by atoms with van der Waals surface area (Å²) in [6, 6.07) is 0.236. The molecule has 0 saturated carbocycles. The van der Waals surface area contributed by atoms with Gasteiger partial charge in [0, 0.05) is 19.7 Å². The molecule has 1 rings (SSSR count). The van der Waals surface area contributed by atoms with E-state index in [-0.39, 0.29) is 18.1 Å². The molecule has 0 aromatic rings. The van der Waals surface area contributed by atoms with Crippen molar-refractivity contribution in [3.63, 3.8) is 0 Å². The summed E-state index contributed by atoms with van der Waals surface area (Å²) in [5.74, 6) is 0.262. The highest BCUT2D eigenvalue weighted by Gasteiger charge is 2.35. The van der Waals surface area contributed by atoms with Crippen LogP contribution >= 0.6 is 0 Å². The van der Waals surface area contributed by atoms with Crippen LogP contribution in [0.1, 0.15) is 40.5 Å². The van der Waals surface area contributed by atoms with Crippen molar-refractivity contribution in [1.29, 1.82) is 0 Å². The first-order valence-electron chi connectivity index (χ1n) is 7.54. The number of rotatable bonds is 6. The molecule has 0 spiro atoms. The third-order valence-electron chi connectivity index (χ3n) is 4.31. The van der Waals surface area contributed by atoms with Crippen LogP contribution in [0.5, 0.6) is 0 Å². The summed E-state index contributed by atoms with van der Waals surface area (Å²) in [7, 11) is 1.76. The Labute approximate surface area is 122 Å². The molecule has 2 N–H and O–H groups in total. The van der Waals surface area contributed by atoms with E-state index in [1.165, 1.54) is 0 Å². The average Bonchev–Trinajstić information content (AvgIpc) is 2.38. The third-order valence-corrected chi connectivity index (χ3v) is 4.31. The number of esters is 1. The predicted molar refractivity (Wildman–Crippen MR) is 79.5 cm³/mol. The molecule has 118 valence electrons. The summed E-state index contributed by atoms with van der Waals surface area (Å²) in [5, 5.41) is 0. The van der Waals surface area contributed by atoms with Gasteiger partial charge in [0.05, 0.1) is 12.7 Å². The number of hydrogen-bond donors (Lipinski definition) is 1. The van der Waals surface area contributed by atoms with Crippen LogP contribution in [0.15, 0.2) is 0 Å². The fourth-order valence-corrected chi connectivity index (χ4v) is 2.89. The van der Waals surface area contributed by atoms with Gasteiger partial charge in [0.25, 0.3) is 0 Å². The highest BCUT2D eigenvalue weighted by atomic mass is 16.5. The standard InChI is InChI=1S/C15H30N2O3/c1-6-20-14(18)15(4,16)9-12(3)17-8-7-11(2)13(10-17)19-5/h11-13H,6-10,16H2,1-5H3. The smallest absolute Gasteiger partial charge is 0.325 e. The topological polar surface area (TPSA) is 64.8 Å². The molecule has 0 aliphatic carbocycles. The minimum Gasteiger partial charge on any atom is -0.465 e. The molecule has 5 heteroatoms. The van der Waals surface area contributed by atoms with E-state index in [4.69, 9.17) is 15.2 Å². The van der Waals surface area contributed by atoms with Gasteiger partial charge in [-0.2, -0.15) is 0 Å². The Bertz CT molecular complexity index is 320. The molecule has 0 bridgehead atoms. The molecule has 1 saturated heterocycles. The molecule has 20 heavy (non-hydrogen) atoms. The third kappa shape index (κ3) is 4.43. The van der Waals surface area contributed by atoms with Gasteiger partial charge in [-0.1, -0.05) is 6.92 Å². The molecule has 1 aliphatic heterocycles. The number of hydrogen-bond acceptors (Lipinski definition) is 5. The van der Waals surface area contributed by atoms with Crippen molar-refractivity contribution < 1.29 is 14.3 Å². The monoisotopic (exact) mass is 286 g/mol. The van der Waals surface area contributed by atoms with Crippen molar-refractivity contribution in [2.24, 2.45) is 11.7 Å². The number of methoxy groups -OCH3 is 1. The average molecular weight is 286 g/mol. The Morgan fingerprint density at radius 3 is 2.75 bits per heavy atom. The summed E-state index contributed by atoms with van der Waals surface area (Å²) in [5.41, 5.74) is 5.19. The van der Waals surface area contributed by atoms with Crippen LogP contribution in [0.4, 0.5) is 0 Å². The highest BCUT2D eigenvalue weighted by molar-refractivity contribution is 5.80. The van der Waals surface area contributed by atoms with Gasteiger partial charge in [-0.3, -0.25) is 9.69 Å². The van der Waals surface area contributed by atoms with Gasteiger partial charge >= 0.3 is 5.97 Å². The Balaban J connectivity index is 2.57. The Morgan fingerprint density at radius 2 is 2.20 bits per heavy atom. The molecular weight excluding hydrogens is 256 g/mol. The first kappa shape index (κ1) is 17.4. The molecule has 1 aliphatic rings. The molecular formula is C15H30N2O3. The minimum atomic E-state index is -0.930. The number of carbonyl (C=O) groups excluding carboxylic acids is 1. The largest absolute Gasteiger partial charge is 0.465 e. The lowest BCUT2D eigenvalue weighted by atomic mass is 9.90. The number of nitrogens with two attached hydrogens (primary N) is 1. The van der Waals surface area contributed by atoms with Gasteiger partial charge in [-0.15, -0.1) is 0 Å². The second-order valence-corrected chi connectivity index (χ2v) is 6.23. The van der Waals surface area contributed by atoms with E-state index in [9.17, 15) is 4.79 Å². The van der Waals surface area contributed by atoms with Crippen LogP contribution in [0.2, 0.25) is 0 Å². The van der Waals surface area contributed by atoms with E-state index >= 15 is 0 Å². The fraction of sp³-hybridized carbons (Fsp3) is 0.933. The summed E-state index contributed by atoms with van der Waals surface area (Å²) in [4.78, 5) is 14.2. The Morgan fingerprint density at radius 1 is 1.55 bits per heavy atom. The number of piperidine rings is 1. The van der Waals surface area contributed by atoms with Crippen molar-refractivity contribution in [3.8, 4) is 0 Å². The predicted octanol–water partition coefficient (Wildman–Crippen LogP) is 1.40. The second kappa shape index (κ2) is 7.38. The number of likely N-dealkylation sites (tertiary alicyclic amines) is 1. The summed E-state index contributed by atoms with van der Waals surface area (Å²) < 4.78 is 10.6. The van der Waals surface area contributed by atoms with Gasteiger partial charge in [-0.05, 0) is 46.1 Å². The van der Waals surface area contributed by atoms with E-state index in [0.29, 0.717) is 18.9 Å². The lowest BCUT2D eigenvalue weighted by Crippen LogP contribution is -2.54. The van der Waals surface area contributed by atoms with Crippen molar-refractivity contribution in [2.45, 2.75) is 58.2 Å².